The number of aliphatic hydroxyl groups is 2. The molecule has 0 saturated heterocycles. The number of rotatable bonds is 7. The molecule has 4 nitrogen and oxygen atoms in total. The van der Waals surface area contributed by atoms with E-state index in [4.69, 9.17) is 4.74 Å². The van der Waals surface area contributed by atoms with Crippen molar-refractivity contribution in [1.82, 2.24) is 5.32 Å². The molecule has 21 heavy (non-hydrogen) atoms. The Hall–Kier alpha value is -1.10. The van der Waals surface area contributed by atoms with Crippen molar-refractivity contribution in [3.8, 4) is 5.75 Å². The molecule has 118 valence electrons. The van der Waals surface area contributed by atoms with Crippen LogP contribution >= 0.6 is 0 Å². The number of ether oxygens (including phenoxy) is 1. The Morgan fingerprint density at radius 1 is 1.33 bits per heavy atom. The van der Waals surface area contributed by atoms with Crippen LogP contribution in [0.25, 0.3) is 0 Å². The molecular weight excluding hydrogens is 266 g/mol. The van der Waals surface area contributed by atoms with Gasteiger partial charge in [-0.2, -0.15) is 0 Å². The van der Waals surface area contributed by atoms with Gasteiger partial charge >= 0.3 is 0 Å². The quantitative estimate of drug-likeness (QED) is 0.718. The summed E-state index contributed by atoms with van der Waals surface area (Å²) in [4.78, 5) is 0. The van der Waals surface area contributed by atoms with Crippen molar-refractivity contribution < 1.29 is 14.9 Å². The van der Waals surface area contributed by atoms with E-state index in [-0.39, 0.29) is 13.2 Å². The zero-order valence-corrected chi connectivity index (χ0v) is 12.8. The van der Waals surface area contributed by atoms with Gasteiger partial charge in [0.15, 0.2) is 0 Å². The van der Waals surface area contributed by atoms with Gasteiger partial charge in [0.05, 0.1) is 0 Å². The lowest BCUT2D eigenvalue weighted by molar-refractivity contribution is 0.0906. The third kappa shape index (κ3) is 5.30. The second-order valence-corrected chi connectivity index (χ2v) is 6.02. The summed E-state index contributed by atoms with van der Waals surface area (Å²) in [6.07, 6.45) is 4.01. The molecule has 4 heteroatoms. The van der Waals surface area contributed by atoms with Crippen LogP contribution in [-0.2, 0) is 0 Å². The summed E-state index contributed by atoms with van der Waals surface area (Å²) in [5, 5.41) is 22.8. The van der Waals surface area contributed by atoms with Crippen LogP contribution in [0.15, 0.2) is 24.3 Å². The van der Waals surface area contributed by atoms with E-state index >= 15 is 0 Å². The lowest BCUT2D eigenvalue weighted by Crippen LogP contribution is -2.44. The first kappa shape index (κ1) is 16.3. The number of hydrogen-bond donors (Lipinski definition) is 3. The molecule has 3 unspecified atom stereocenters. The highest BCUT2D eigenvalue weighted by Gasteiger charge is 2.24. The molecule has 1 fully saturated rings. The average molecular weight is 293 g/mol. The fourth-order valence-corrected chi connectivity index (χ4v) is 2.94. The Balaban J connectivity index is 1.70. The molecule has 1 aromatic carbocycles. The van der Waals surface area contributed by atoms with Crippen molar-refractivity contribution in [2.75, 3.05) is 19.8 Å². The van der Waals surface area contributed by atoms with Crippen LogP contribution in [-0.4, -0.2) is 42.1 Å². The maximum Gasteiger partial charge on any atom is 0.119 e. The van der Waals surface area contributed by atoms with Crippen molar-refractivity contribution in [3.05, 3.63) is 29.8 Å². The standard InChI is InChI=1S/C17H27NO3/c1-13-5-4-7-16(9-13)21-12-15(20)10-18-17-8-3-2-6-14(17)11-19/h4-5,7,9,14-15,17-20H,2-3,6,8,10-12H2,1H3. The zero-order chi connectivity index (χ0) is 15.1. The van der Waals surface area contributed by atoms with Crippen molar-refractivity contribution in [2.24, 2.45) is 5.92 Å². The highest BCUT2D eigenvalue weighted by Crippen LogP contribution is 2.23. The van der Waals surface area contributed by atoms with Gasteiger partial charge in [-0.05, 0) is 43.4 Å². The summed E-state index contributed by atoms with van der Waals surface area (Å²) in [5.41, 5.74) is 1.15. The topological polar surface area (TPSA) is 61.7 Å². The van der Waals surface area contributed by atoms with Gasteiger partial charge in [-0.15, -0.1) is 0 Å². The predicted molar refractivity (Wildman–Crippen MR) is 83.5 cm³/mol. The minimum Gasteiger partial charge on any atom is -0.491 e. The van der Waals surface area contributed by atoms with Crippen LogP contribution in [0.4, 0.5) is 0 Å². The van der Waals surface area contributed by atoms with Crippen molar-refractivity contribution in [2.45, 2.75) is 44.8 Å². The number of aryl methyl sites for hydroxylation is 1. The summed E-state index contributed by atoms with van der Waals surface area (Å²) in [7, 11) is 0. The molecule has 1 saturated carbocycles. The van der Waals surface area contributed by atoms with E-state index < -0.39 is 6.10 Å². The Morgan fingerprint density at radius 2 is 2.14 bits per heavy atom. The SMILES string of the molecule is Cc1cccc(OCC(O)CNC2CCCCC2CO)c1. The molecule has 0 heterocycles. The summed E-state index contributed by atoms with van der Waals surface area (Å²) in [6, 6.07) is 8.14. The highest BCUT2D eigenvalue weighted by molar-refractivity contribution is 5.27. The maximum atomic E-state index is 10.0. The van der Waals surface area contributed by atoms with Gasteiger partial charge in [0, 0.05) is 19.2 Å². The number of hydrogen-bond acceptors (Lipinski definition) is 4. The number of aliphatic hydroxyl groups excluding tert-OH is 2. The maximum absolute atomic E-state index is 10.0. The third-order valence-electron chi connectivity index (χ3n) is 4.19. The minimum absolute atomic E-state index is 0.230. The Kier molecular flexibility index (Phi) is 6.49. The van der Waals surface area contributed by atoms with Gasteiger partial charge in [0.2, 0.25) is 0 Å². The molecule has 2 rings (SSSR count). The number of benzene rings is 1. The van der Waals surface area contributed by atoms with E-state index in [9.17, 15) is 10.2 Å². The second-order valence-electron chi connectivity index (χ2n) is 6.02. The Labute approximate surface area is 127 Å². The van der Waals surface area contributed by atoms with Crippen molar-refractivity contribution in [3.63, 3.8) is 0 Å². The fraction of sp³-hybridized carbons (Fsp3) is 0.647. The molecule has 0 radical (unpaired) electrons. The Bertz CT molecular complexity index is 424. The lowest BCUT2D eigenvalue weighted by Gasteiger charge is -2.31. The van der Waals surface area contributed by atoms with Crippen LogP contribution in [0, 0.1) is 12.8 Å². The molecule has 0 aromatic heterocycles. The first-order chi connectivity index (χ1) is 10.2. The first-order valence-corrected chi connectivity index (χ1v) is 7.91. The number of nitrogens with one attached hydrogen (secondary N) is 1. The summed E-state index contributed by atoms with van der Waals surface area (Å²) < 4.78 is 5.60. The van der Waals surface area contributed by atoms with Crippen molar-refractivity contribution >= 4 is 0 Å². The van der Waals surface area contributed by atoms with Crippen LogP contribution in [0.5, 0.6) is 5.75 Å². The molecule has 1 aliphatic carbocycles. The van der Waals surface area contributed by atoms with Gasteiger partial charge in [-0.3, -0.25) is 0 Å². The molecule has 1 aliphatic rings. The summed E-state index contributed by atoms with van der Waals surface area (Å²) in [6.45, 7) is 3.04. The zero-order valence-electron chi connectivity index (χ0n) is 12.8. The molecular formula is C17H27NO3. The fourth-order valence-electron chi connectivity index (χ4n) is 2.94. The van der Waals surface area contributed by atoms with Gasteiger partial charge in [0.1, 0.15) is 18.5 Å². The Morgan fingerprint density at radius 3 is 2.90 bits per heavy atom. The van der Waals surface area contributed by atoms with Crippen LogP contribution in [0.3, 0.4) is 0 Å². The van der Waals surface area contributed by atoms with Gasteiger partial charge < -0.3 is 20.3 Å². The molecule has 0 spiro atoms. The van der Waals surface area contributed by atoms with Gasteiger partial charge in [0.25, 0.3) is 0 Å². The van der Waals surface area contributed by atoms with Crippen LogP contribution < -0.4 is 10.1 Å². The molecule has 3 N–H and O–H groups in total. The van der Waals surface area contributed by atoms with E-state index in [0.717, 1.165) is 24.2 Å². The summed E-state index contributed by atoms with van der Waals surface area (Å²) >= 11 is 0. The molecule has 1 aromatic rings. The van der Waals surface area contributed by atoms with Gasteiger partial charge in [-0.1, -0.05) is 25.0 Å². The molecule has 0 amide bonds. The van der Waals surface area contributed by atoms with E-state index in [1.807, 2.05) is 31.2 Å². The second kappa shape index (κ2) is 8.37. The predicted octanol–water partition coefficient (Wildman–Crippen LogP) is 1.88. The average Bonchev–Trinajstić information content (AvgIpc) is 2.51. The molecule has 0 bridgehead atoms. The largest absolute Gasteiger partial charge is 0.491 e. The normalized spacial score (nSPS) is 23.8. The van der Waals surface area contributed by atoms with E-state index in [1.165, 1.54) is 12.8 Å². The van der Waals surface area contributed by atoms with Gasteiger partial charge in [-0.25, -0.2) is 0 Å². The summed E-state index contributed by atoms with van der Waals surface area (Å²) in [5.74, 6) is 1.11. The van der Waals surface area contributed by atoms with E-state index in [0.29, 0.717) is 18.5 Å². The van der Waals surface area contributed by atoms with E-state index in [1.54, 1.807) is 0 Å². The molecule has 0 aliphatic heterocycles. The van der Waals surface area contributed by atoms with Crippen LogP contribution in [0.1, 0.15) is 31.2 Å². The highest BCUT2D eigenvalue weighted by atomic mass is 16.5. The first-order valence-electron chi connectivity index (χ1n) is 7.91. The third-order valence-corrected chi connectivity index (χ3v) is 4.19. The monoisotopic (exact) mass is 293 g/mol. The minimum atomic E-state index is -0.535. The smallest absolute Gasteiger partial charge is 0.119 e. The van der Waals surface area contributed by atoms with E-state index in [2.05, 4.69) is 5.32 Å². The lowest BCUT2D eigenvalue weighted by atomic mass is 9.85. The molecule has 3 atom stereocenters. The van der Waals surface area contributed by atoms with Crippen LogP contribution in [0.2, 0.25) is 0 Å². The van der Waals surface area contributed by atoms with Crippen molar-refractivity contribution in [1.29, 1.82) is 0 Å².